The highest BCUT2D eigenvalue weighted by Crippen LogP contribution is 2.36. The summed E-state index contributed by atoms with van der Waals surface area (Å²) in [5.74, 6) is 0. The monoisotopic (exact) mass is 276 g/mol. The molecule has 2 aromatic carbocycles. The summed E-state index contributed by atoms with van der Waals surface area (Å²) in [6, 6.07) is 6.54. The Labute approximate surface area is 101 Å². The van der Waals surface area contributed by atoms with Gasteiger partial charge in [-0.05, 0) is 17.5 Å². The van der Waals surface area contributed by atoms with Gasteiger partial charge < -0.3 is 0 Å². The zero-order valence-corrected chi connectivity index (χ0v) is 9.59. The van der Waals surface area contributed by atoms with E-state index in [0.717, 1.165) is 30.3 Å². The van der Waals surface area contributed by atoms with E-state index in [1.54, 1.807) is 0 Å². The van der Waals surface area contributed by atoms with Crippen LogP contribution >= 0.6 is 0 Å². The average molecular weight is 276 g/mol. The van der Waals surface area contributed by atoms with E-state index in [-0.39, 0.29) is 10.8 Å². The molecule has 0 aliphatic heterocycles. The van der Waals surface area contributed by atoms with E-state index < -0.39 is 26.8 Å². The topological polar surface area (TPSA) is 54.4 Å². The highest BCUT2D eigenvalue weighted by atomic mass is 32.2. The summed E-state index contributed by atoms with van der Waals surface area (Å²) in [6.45, 7) is 0. The molecule has 2 rings (SSSR count). The number of alkyl halides is 3. The summed E-state index contributed by atoms with van der Waals surface area (Å²) in [4.78, 5) is -0.536. The fourth-order valence-corrected chi connectivity index (χ4v) is 2.46. The lowest BCUT2D eigenvalue weighted by Crippen LogP contribution is -2.07. The van der Waals surface area contributed by atoms with Crippen molar-refractivity contribution in [2.75, 3.05) is 0 Å². The van der Waals surface area contributed by atoms with Crippen molar-refractivity contribution in [3.63, 3.8) is 0 Å². The second-order valence-corrected chi connectivity index (χ2v) is 5.02. The van der Waals surface area contributed by atoms with Crippen LogP contribution in [0.5, 0.6) is 0 Å². The molecule has 18 heavy (non-hydrogen) atoms. The molecule has 0 saturated heterocycles. The second-order valence-electron chi connectivity index (χ2n) is 3.63. The molecule has 0 bridgehead atoms. The molecule has 0 spiro atoms. The highest BCUT2D eigenvalue weighted by molar-refractivity contribution is 7.86. The number of hydrogen-bond donors (Lipinski definition) is 1. The first-order chi connectivity index (χ1) is 8.21. The van der Waals surface area contributed by atoms with Crippen LogP contribution in [-0.4, -0.2) is 13.0 Å². The van der Waals surface area contributed by atoms with Gasteiger partial charge in [-0.1, -0.05) is 24.3 Å². The van der Waals surface area contributed by atoms with Crippen molar-refractivity contribution >= 4 is 20.9 Å². The van der Waals surface area contributed by atoms with Gasteiger partial charge in [0.1, 0.15) is 4.90 Å². The first-order valence-corrected chi connectivity index (χ1v) is 6.22. The van der Waals surface area contributed by atoms with E-state index in [4.69, 9.17) is 4.55 Å². The van der Waals surface area contributed by atoms with Crippen molar-refractivity contribution in [1.29, 1.82) is 0 Å². The molecule has 0 aromatic heterocycles. The van der Waals surface area contributed by atoms with E-state index in [0.29, 0.717) is 0 Å². The highest BCUT2D eigenvalue weighted by Gasteiger charge is 2.32. The molecule has 0 heterocycles. The average Bonchev–Trinajstić information content (AvgIpc) is 2.24. The first-order valence-electron chi connectivity index (χ1n) is 4.78. The van der Waals surface area contributed by atoms with E-state index in [9.17, 15) is 21.6 Å². The van der Waals surface area contributed by atoms with Crippen molar-refractivity contribution < 1.29 is 26.1 Å². The van der Waals surface area contributed by atoms with Gasteiger partial charge in [-0.25, -0.2) is 0 Å². The zero-order valence-electron chi connectivity index (χ0n) is 8.77. The molecule has 0 saturated carbocycles. The summed E-state index contributed by atoms with van der Waals surface area (Å²) in [6.07, 6.45) is -4.59. The normalized spacial score (nSPS) is 12.9. The van der Waals surface area contributed by atoms with Crippen LogP contribution in [0, 0.1) is 0 Å². The van der Waals surface area contributed by atoms with Crippen LogP contribution in [0.3, 0.4) is 0 Å². The second kappa shape index (κ2) is 3.96. The minimum absolute atomic E-state index is 0.158. The predicted molar refractivity (Wildman–Crippen MR) is 58.8 cm³/mol. The Morgan fingerprint density at radius 1 is 0.944 bits per heavy atom. The minimum Gasteiger partial charge on any atom is -0.282 e. The van der Waals surface area contributed by atoms with E-state index >= 15 is 0 Å². The van der Waals surface area contributed by atoms with Crippen LogP contribution in [0.4, 0.5) is 13.2 Å². The smallest absolute Gasteiger partial charge is 0.282 e. The van der Waals surface area contributed by atoms with E-state index in [1.165, 1.54) is 6.07 Å². The van der Waals surface area contributed by atoms with Gasteiger partial charge in [0.15, 0.2) is 0 Å². The fourth-order valence-electron chi connectivity index (χ4n) is 1.75. The summed E-state index contributed by atoms with van der Waals surface area (Å²) < 4.78 is 69.3. The summed E-state index contributed by atoms with van der Waals surface area (Å²) in [5, 5.41) is -0.421. The maximum atomic E-state index is 12.7. The van der Waals surface area contributed by atoms with Crippen molar-refractivity contribution in [2.45, 2.75) is 11.1 Å². The van der Waals surface area contributed by atoms with Crippen LogP contribution < -0.4 is 0 Å². The predicted octanol–water partition coefficient (Wildman–Crippen LogP) is 3.11. The molecule has 0 aliphatic carbocycles. The Balaban J connectivity index is 2.91. The molecule has 0 aliphatic rings. The van der Waals surface area contributed by atoms with Gasteiger partial charge in [0.05, 0.1) is 5.56 Å². The number of hydrogen-bond acceptors (Lipinski definition) is 2. The Bertz CT molecular complexity index is 705. The Morgan fingerprint density at radius 3 is 2.06 bits per heavy atom. The van der Waals surface area contributed by atoms with Gasteiger partial charge in [0, 0.05) is 5.39 Å². The van der Waals surface area contributed by atoms with Gasteiger partial charge >= 0.3 is 6.18 Å². The lowest BCUT2D eigenvalue weighted by molar-refractivity contribution is -0.136. The Hall–Kier alpha value is -1.60. The van der Waals surface area contributed by atoms with Crippen LogP contribution in [-0.2, 0) is 16.3 Å². The quantitative estimate of drug-likeness (QED) is 0.814. The SMILES string of the molecule is O=S(=O)(O)c1cccc2c(C(F)(F)F)cccc12. The Morgan fingerprint density at radius 2 is 1.50 bits per heavy atom. The minimum atomic E-state index is -4.59. The molecule has 0 fully saturated rings. The third-order valence-electron chi connectivity index (χ3n) is 2.47. The third-order valence-corrected chi connectivity index (χ3v) is 3.38. The third kappa shape index (κ3) is 2.19. The lowest BCUT2D eigenvalue weighted by atomic mass is 10.0. The first kappa shape index (κ1) is 12.8. The van der Waals surface area contributed by atoms with Gasteiger partial charge in [0.25, 0.3) is 10.1 Å². The molecule has 0 amide bonds. The van der Waals surface area contributed by atoms with E-state index in [2.05, 4.69) is 0 Å². The molecule has 7 heteroatoms. The number of benzene rings is 2. The molecule has 0 unspecified atom stereocenters. The van der Waals surface area contributed by atoms with Crippen molar-refractivity contribution in [3.8, 4) is 0 Å². The van der Waals surface area contributed by atoms with Crippen LogP contribution in [0.2, 0.25) is 0 Å². The summed E-state index contributed by atoms with van der Waals surface area (Å²) in [5.41, 5.74) is -0.939. The van der Waals surface area contributed by atoms with Crippen LogP contribution in [0.15, 0.2) is 41.3 Å². The molecule has 0 radical (unpaired) electrons. The van der Waals surface area contributed by atoms with Gasteiger partial charge in [-0.3, -0.25) is 4.55 Å². The Kier molecular flexibility index (Phi) is 2.83. The van der Waals surface area contributed by atoms with Crippen LogP contribution in [0.25, 0.3) is 10.8 Å². The summed E-state index contributed by atoms with van der Waals surface area (Å²) >= 11 is 0. The molecular formula is C11H7F3O3S. The number of rotatable bonds is 1. The van der Waals surface area contributed by atoms with Gasteiger partial charge in [-0.15, -0.1) is 0 Å². The van der Waals surface area contributed by atoms with Gasteiger partial charge in [-0.2, -0.15) is 21.6 Å². The molecule has 96 valence electrons. The largest absolute Gasteiger partial charge is 0.417 e. The van der Waals surface area contributed by atoms with Crippen molar-refractivity contribution in [3.05, 3.63) is 42.0 Å². The maximum absolute atomic E-state index is 12.7. The maximum Gasteiger partial charge on any atom is 0.417 e. The standard InChI is InChI=1S/C11H7F3O3S/c12-11(13,14)9-5-1-4-8-7(9)3-2-6-10(8)18(15,16)17/h1-6H,(H,15,16,17). The zero-order chi connectivity index (χ0) is 13.6. The summed E-state index contributed by atoms with van der Waals surface area (Å²) in [7, 11) is -4.56. The molecule has 1 N–H and O–H groups in total. The fraction of sp³-hybridized carbons (Fsp3) is 0.0909. The van der Waals surface area contributed by atoms with Crippen molar-refractivity contribution in [2.24, 2.45) is 0 Å². The van der Waals surface area contributed by atoms with Crippen LogP contribution in [0.1, 0.15) is 5.56 Å². The van der Waals surface area contributed by atoms with Gasteiger partial charge in [0.2, 0.25) is 0 Å². The molecular weight excluding hydrogens is 269 g/mol. The molecule has 2 aromatic rings. The van der Waals surface area contributed by atoms with E-state index in [1.807, 2.05) is 0 Å². The number of fused-ring (bicyclic) bond motifs is 1. The number of halogens is 3. The molecule has 3 nitrogen and oxygen atoms in total. The lowest BCUT2D eigenvalue weighted by Gasteiger charge is -2.11. The van der Waals surface area contributed by atoms with Crippen molar-refractivity contribution in [1.82, 2.24) is 0 Å². The molecule has 0 atom stereocenters.